The first kappa shape index (κ1) is 60.3. The summed E-state index contributed by atoms with van der Waals surface area (Å²) in [5.74, 6) is -6.51. The van der Waals surface area contributed by atoms with Crippen LogP contribution in [0.25, 0.3) is 11.1 Å². The average Bonchev–Trinajstić information content (AvgIpc) is 3.97. The van der Waals surface area contributed by atoms with Gasteiger partial charge in [0.15, 0.2) is 11.6 Å². The highest BCUT2D eigenvalue weighted by molar-refractivity contribution is 7.46. The third kappa shape index (κ3) is 20.5. The molecule has 22 heteroatoms. The highest BCUT2D eigenvalue weighted by Crippen LogP contribution is 2.44. The number of amides is 3. The van der Waals surface area contributed by atoms with Gasteiger partial charge in [-0.3, -0.25) is 38.6 Å². The lowest BCUT2D eigenvalue weighted by Crippen LogP contribution is -2.51. The Morgan fingerprint density at radius 2 is 1.51 bits per heavy atom. The fraction of sp³-hybridized carbons (Fsp3) is 0.588. The summed E-state index contributed by atoms with van der Waals surface area (Å²) in [5.41, 5.74) is 10.5. The molecule has 1 aliphatic rings. The van der Waals surface area contributed by atoms with Crippen molar-refractivity contribution >= 4 is 43.1 Å². The van der Waals surface area contributed by atoms with Crippen LogP contribution >= 0.6 is 7.82 Å². The van der Waals surface area contributed by atoms with E-state index in [9.17, 15) is 53.3 Å². The number of carbonyl (C=O) groups is 6. The smallest absolute Gasteiger partial charge is 0.465 e. The molecule has 404 valence electrons. The molecule has 0 radical (unpaired) electrons. The number of carbonyl (C=O) groups excluding carboxylic acids is 6. The summed E-state index contributed by atoms with van der Waals surface area (Å²) >= 11 is 0. The number of ether oxygens (including phenoxy) is 3. The summed E-state index contributed by atoms with van der Waals surface area (Å²) < 4.78 is 33.0. The van der Waals surface area contributed by atoms with Crippen LogP contribution in [0.5, 0.6) is 0 Å². The normalized spacial score (nSPS) is 14.9. The number of hydrogen-bond acceptors (Lipinski definition) is 15. The van der Waals surface area contributed by atoms with E-state index in [0.29, 0.717) is 31.7 Å². The average molecular weight is 1040 g/mol. The van der Waals surface area contributed by atoms with Crippen LogP contribution in [0.1, 0.15) is 108 Å². The summed E-state index contributed by atoms with van der Waals surface area (Å²) in [5, 5.41) is 26.9. The molecule has 9 N–H and O–H groups in total. The standard InChI is InChI=1S/C51H75N6O15P/c1-5-6-11-19-57(48(62)18-21-70-23-22-69-20-12-17-49(63)71-31-42-39-15-9-7-13-37(39)38-14-8-10-16-40(38)42)29-47(61)55-43(24-33(2)3)45(59)26-35(25-36-28-53-32-54-36)51(65)56-44(30-58)46(60)27-41(50(52)64)34(4)72-73(66,67)68/h7-10,13-16,28,32-35,41-44,47,55,58,61H,5-6,11-12,17-27,29-31H2,1-4H3,(H2,52,64)(H,53,54)(H,56,65)(H2,66,67,68)/t34-,35-,41+,43+,44+,47?/m1/s1. The number of Topliss-reactive ketones (excluding diaryl/α,β-unsaturated/α-hetero) is 2. The zero-order chi connectivity index (χ0) is 53.5. The number of rotatable bonds is 37. The molecular weight excluding hydrogens is 968 g/mol. The Hall–Kier alpha value is -5.22. The van der Waals surface area contributed by atoms with Gasteiger partial charge in [0.05, 0.1) is 69.7 Å². The summed E-state index contributed by atoms with van der Waals surface area (Å²) in [6, 6.07) is 13.8. The zero-order valence-electron chi connectivity index (χ0n) is 42.3. The summed E-state index contributed by atoms with van der Waals surface area (Å²) in [7, 11) is -5.07. The molecule has 73 heavy (non-hydrogen) atoms. The number of phosphoric ester groups is 1. The van der Waals surface area contributed by atoms with Gasteiger partial charge in [-0.1, -0.05) is 82.1 Å². The highest BCUT2D eigenvalue weighted by atomic mass is 31.2. The molecule has 4 rings (SSSR count). The Labute approximate surface area is 426 Å². The van der Waals surface area contributed by atoms with Crippen molar-refractivity contribution in [1.29, 1.82) is 0 Å². The quantitative estimate of drug-likeness (QED) is 0.0177. The van der Waals surface area contributed by atoms with Crippen molar-refractivity contribution in [2.75, 3.05) is 52.7 Å². The van der Waals surface area contributed by atoms with Crippen molar-refractivity contribution in [2.45, 2.75) is 122 Å². The second-order valence-corrected chi connectivity index (χ2v) is 20.0. The van der Waals surface area contributed by atoms with Crippen molar-refractivity contribution in [2.24, 2.45) is 23.5 Å². The van der Waals surface area contributed by atoms with Gasteiger partial charge < -0.3 is 55.1 Å². The number of nitrogens with zero attached hydrogens (tertiary/aromatic N) is 2. The van der Waals surface area contributed by atoms with Crippen LogP contribution in [0.2, 0.25) is 0 Å². The SMILES string of the molecule is CCCCCN(CC(O)N[C@@H](CC(C)C)C(=O)C[C@@H](Cc1cnc[nH]1)C(=O)N[C@@H](CO)C(=O)C[C@H](C(N)=O)[C@@H](C)OP(=O)(O)O)C(=O)CCOCCOCCCC(=O)OCC1c2ccccc2-c2ccccc21. The van der Waals surface area contributed by atoms with Gasteiger partial charge in [-0.2, -0.15) is 0 Å². The first-order valence-electron chi connectivity index (χ1n) is 25.0. The number of H-pyrrole nitrogens is 1. The number of phosphoric acid groups is 1. The van der Waals surface area contributed by atoms with Gasteiger partial charge >= 0.3 is 13.8 Å². The lowest BCUT2D eigenvalue weighted by atomic mass is 9.89. The predicted molar refractivity (Wildman–Crippen MR) is 268 cm³/mol. The van der Waals surface area contributed by atoms with E-state index < -0.39 is 80.5 Å². The molecule has 1 heterocycles. The van der Waals surface area contributed by atoms with Crippen molar-refractivity contribution < 1.29 is 72.1 Å². The molecule has 1 aromatic heterocycles. The van der Waals surface area contributed by atoms with Crippen molar-refractivity contribution in [3.63, 3.8) is 0 Å². The Balaban J connectivity index is 1.24. The minimum absolute atomic E-state index is 0.00921. The maximum Gasteiger partial charge on any atom is 0.469 e. The number of imidazole rings is 1. The molecule has 2 aromatic carbocycles. The number of aromatic nitrogens is 2. The van der Waals surface area contributed by atoms with Gasteiger partial charge in [0, 0.05) is 56.6 Å². The number of esters is 1. The molecule has 0 spiro atoms. The molecule has 0 aliphatic heterocycles. The third-order valence-corrected chi connectivity index (χ3v) is 13.1. The van der Waals surface area contributed by atoms with E-state index >= 15 is 0 Å². The Morgan fingerprint density at radius 3 is 2.10 bits per heavy atom. The second-order valence-electron chi connectivity index (χ2n) is 18.8. The first-order chi connectivity index (χ1) is 34.8. The van der Waals surface area contributed by atoms with E-state index in [-0.39, 0.29) is 88.8 Å². The minimum atomic E-state index is -5.07. The number of unbranched alkanes of at least 4 members (excludes halogenated alkanes) is 2. The molecule has 0 saturated heterocycles. The number of ketones is 2. The van der Waals surface area contributed by atoms with Gasteiger partial charge in [-0.15, -0.1) is 0 Å². The number of benzene rings is 2. The van der Waals surface area contributed by atoms with Crippen LogP contribution in [-0.2, 0) is 58.5 Å². The molecule has 6 atom stereocenters. The molecule has 3 aromatic rings. The Kier molecular flexibility index (Phi) is 25.5. The van der Waals surface area contributed by atoms with E-state index in [0.717, 1.165) is 42.0 Å². The van der Waals surface area contributed by atoms with Crippen molar-refractivity contribution in [3.05, 3.63) is 77.9 Å². The number of fused-ring (bicyclic) bond motifs is 3. The van der Waals surface area contributed by atoms with E-state index in [1.165, 1.54) is 17.4 Å². The van der Waals surface area contributed by atoms with Gasteiger partial charge in [0.25, 0.3) is 0 Å². The fourth-order valence-electron chi connectivity index (χ4n) is 8.74. The molecule has 0 bridgehead atoms. The number of nitrogens with two attached hydrogens (primary N) is 1. The van der Waals surface area contributed by atoms with Crippen molar-refractivity contribution in [1.82, 2.24) is 25.5 Å². The molecule has 0 fully saturated rings. The lowest BCUT2D eigenvalue weighted by molar-refractivity contribution is -0.144. The zero-order valence-corrected chi connectivity index (χ0v) is 43.2. The third-order valence-electron chi connectivity index (χ3n) is 12.5. The minimum Gasteiger partial charge on any atom is -0.465 e. The van der Waals surface area contributed by atoms with Crippen LogP contribution in [0.3, 0.4) is 0 Å². The number of aliphatic hydroxyl groups is 2. The van der Waals surface area contributed by atoms with Gasteiger partial charge in [-0.05, 0) is 54.4 Å². The molecule has 3 amide bonds. The van der Waals surface area contributed by atoms with Crippen LogP contribution in [-0.4, -0.2) is 147 Å². The largest absolute Gasteiger partial charge is 0.469 e. The fourth-order valence-corrected chi connectivity index (χ4v) is 9.32. The Morgan fingerprint density at radius 1 is 0.863 bits per heavy atom. The molecule has 1 aliphatic carbocycles. The van der Waals surface area contributed by atoms with Crippen LogP contribution < -0.4 is 16.4 Å². The van der Waals surface area contributed by atoms with Crippen molar-refractivity contribution in [3.8, 4) is 11.1 Å². The Bertz CT molecular complexity index is 2230. The highest BCUT2D eigenvalue weighted by Gasteiger charge is 2.36. The molecule has 1 unspecified atom stereocenters. The summed E-state index contributed by atoms with van der Waals surface area (Å²) in [6.07, 6.45) is 2.22. The number of primary amides is 1. The molecule has 21 nitrogen and oxygen atoms in total. The topological polar surface area (TPSA) is 319 Å². The maximum atomic E-state index is 14.1. The van der Waals surface area contributed by atoms with E-state index in [4.69, 9.17) is 19.9 Å². The van der Waals surface area contributed by atoms with Crippen LogP contribution in [0.4, 0.5) is 0 Å². The van der Waals surface area contributed by atoms with Gasteiger partial charge in [-0.25, -0.2) is 9.55 Å². The second kappa shape index (κ2) is 30.9. The predicted octanol–water partition coefficient (Wildman–Crippen LogP) is 3.46. The lowest BCUT2D eigenvalue weighted by Gasteiger charge is -2.29. The van der Waals surface area contributed by atoms with Crippen LogP contribution in [0, 0.1) is 17.8 Å². The van der Waals surface area contributed by atoms with E-state index in [1.54, 1.807) is 0 Å². The summed E-state index contributed by atoms with van der Waals surface area (Å²) in [6.45, 7) is 7.40. The number of nitrogens with one attached hydrogen (secondary N) is 3. The van der Waals surface area contributed by atoms with E-state index in [1.807, 2.05) is 45.0 Å². The number of hydrogen-bond donors (Lipinski definition) is 8. The molecular formula is C51H75N6O15P. The van der Waals surface area contributed by atoms with Gasteiger partial charge in [0.2, 0.25) is 17.7 Å². The molecule has 0 saturated carbocycles. The monoisotopic (exact) mass is 1040 g/mol. The number of aromatic amines is 1. The van der Waals surface area contributed by atoms with E-state index in [2.05, 4.69) is 49.4 Å². The van der Waals surface area contributed by atoms with Gasteiger partial charge in [0.1, 0.15) is 18.9 Å². The van der Waals surface area contributed by atoms with Crippen LogP contribution in [0.15, 0.2) is 61.1 Å². The number of aliphatic hydroxyl groups excluding tert-OH is 2. The first-order valence-corrected chi connectivity index (χ1v) is 26.5. The summed E-state index contributed by atoms with van der Waals surface area (Å²) in [4.78, 5) is 106. The maximum absolute atomic E-state index is 14.1.